The van der Waals surface area contributed by atoms with Crippen LogP contribution in [-0.2, 0) is 22.7 Å². The average Bonchev–Trinajstić information content (AvgIpc) is 3.28. The van der Waals surface area contributed by atoms with E-state index in [1.807, 2.05) is 66.7 Å². The van der Waals surface area contributed by atoms with Crippen molar-refractivity contribution in [2.75, 3.05) is 0 Å². The Balaban J connectivity index is 1.42. The summed E-state index contributed by atoms with van der Waals surface area (Å²) in [6, 6.07) is 30.8. The van der Waals surface area contributed by atoms with Crippen LogP contribution < -0.4 is 9.47 Å². The van der Waals surface area contributed by atoms with E-state index in [2.05, 4.69) is 4.99 Å². The van der Waals surface area contributed by atoms with Crippen molar-refractivity contribution >= 4 is 17.9 Å². The number of esters is 1. The number of halogens is 1. The van der Waals surface area contributed by atoms with E-state index in [4.69, 9.17) is 14.2 Å². The van der Waals surface area contributed by atoms with Gasteiger partial charge in [0.15, 0.2) is 5.70 Å². The highest BCUT2D eigenvalue weighted by atomic mass is 19.1. The molecular weight excluding hydrogens is 457 g/mol. The van der Waals surface area contributed by atoms with E-state index in [0.29, 0.717) is 35.8 Å². The van der Waals surface area contributed by atoms with Crippen molar-refractivity contribution in [1.82, 2.24) is 0 Å². The molecule has 1 aliphatic rings. The monoisotopic (exact) mass is 479 g/mol. The molecule has 1 heterocycles. The number of benzene rings is 4. The number of carbonyl (C=O) groups excluding carboxylic acids is 1. The van der Waals surface area contributed by atoms with Gasteiger partial charge in [0.25, 0.3) is 0 Å². The third kappa shape index (κ3) is 5.67. The van der Waals surface area contributed by atoms with E-state index in [9.17, 15) is 9.18 Å². The van der Waals surface area contributed by atoms with Crippen molar-refractivity contribution in [3.63, 3.8) is 0 Å². The van der Waals surface area contributed by atoms with E-state index < -0.39 is 11.8 Å². The van der Waals surface area contributed by atoms with Gasteiger partial charge in [-0.2, -0.15) is 0 Å². The number of nitrogens with zero attached hydrogens (tertiary/aromatic N) is 1. The first-order valence-electron chi connectivity index (χ1n) is 11.4. The molecule has 0 N–H and O–H groups in total. The number of hydrogen-bond donors (Lipinski definition) is 0. The van der Waals surface area contributed by atoms with Crippen LogP contribution in [-0.4, -0.2) is 11.9 Å². The Hall–Kier alpha value is -4.71. The van der Waals surface area contributed by atoms with Crippen molar-refractivity contribution in [2.45, 2.75) is 13.2 Å². The Morgan fingerprint density at radius 2 is 1.47 bits per heavy atom. The van der Waals surface area contributed by atoms with Crippen LogP contribution >= 0.6 is 0 Å². The lowest BCUT2D eigenvalue weighted by molar-refractivity contribution is -0.129. The Morgan fingerprint density at radius 3 is 2.17 bits per heavy atom. The smallest absolute Gasteiger partial charge is 0.363 e. The molecule has 1 aliphatic heterocycles. The highest BCUT2D eigenvalue weighted by Gasteiger charge is 2.25. The molecule has 0 unspecified atom stereocenters. The van der Waals surface area contributed by atoms with Gasteiger partial charge >= 0.3 is 5.97 Å². The molecule has 0 amide bonds. The zero-order valence-corrected chi connectivity index (χ0v) is 19.3. The van der Waals surface area contributed by atoms with E-state index in [0.717, 1.165) is 11.1 Å². The van der Waals surface area contributed by atoms with Crippen LogP contribution in [0.25, 0.3) is 6.08 Å². The van der Waals surface area contributed by atoms with Crippen molar-refractivity contribution in [2.24, 2.45) is 4.99 Å². The fraction of sp³-hybridized carbons (Fsp3) is 0.0667. The predicted octanol–water partition coefficient (Wildman–Crippen LogP) is 6.33. The maximum absolute atomic E-state index is 13.6. The summed E-state index contributed by atoms with van der Waals surface area (Å²) in [6.45, 7) is 0.744. The molecule has 0 aromatic heterocycles. The molecule has 0 atom stereocenters. The molecule has 5 nitrogen and oxygen atoms in total. The SMILES string of the molecule is O=C1OC(c2cccc(F)c2)=NC1=Cc1ccc(OCc2ccccc2)cc1OCc1ccccc1. The van der Waals surface area contributed by atoms with Crippen LogP contribution in [0.3, 0.4) is 0 Å². The second kappa shape index (κ2) is 10.7. The van der Waals surface area contributed by atoms with E-state index in [1.54, 1.807) is 24.3 Å². The van der Waals surface area contributed by atoms with Gasteiger partial charge in [0, 0.05) is 17.2 Å². The number of rotatable bonds is 8. The number of carbonyl (C=O) groups is 1. The average molecular weight is 480 g/mol. The Kier molecular flexibility index (Phi) is 6.85. The lowest BCUT2D eigenvalue weighted by atomic mass is 10.1. The topological polar surface area (TPSA) is 57.1 Å². The van der Waals surface area contributed by atoms with Crippen LogP contribution in [0.15, 0.2) is 114 Å². The zero-order valence-electron chi connectivity index (χ0n) is 19.3. The van der Waals surface area contributed by atoms with Gasteiger partial charge in [-0.1, -0.05) is 66.7 Å². The van der Waals surface area contributed by atoms with Gasteiger partial charge in [0.1, 0.15) is 30.5 Å². The molecule has 178 valence electrons. The summed E-state index contributed by atoms with van der Waals surface area (Å²) in [4.78, 5) is 16.8. The lowest BCUT2D eigenvalue weighted by Gasteiger charge is -2.13. The normalized spacial score (nSPS) is 13.9. The third-order valence-electron chi connectivity index (χ3n) is 5.45. The van der Waals surface area contributed by atoms with E-state index in [-0.39, 0.29) is 11.6 Å². The molecule has 4 aromatic carbocycles. The summed E-state index contributed by atoms with van der Waals surface area (Å²) in [6.07, 6.45) is 1.59. The number of aliphatic imine (C=N–C) groups is 1. The van der Waals surface area contributed by atoms with Crippen molar-refractivity contribution in [3.8, 4) is 11.5 Å². The van der Waals surface area contributed by atoms with Gasteiger partial charge in [0.2, 0.25) is 5.90 Å². The largest absolute Gasteiger partial charge is 0.489 e. The van der Waals surface area contributed by atoms with Crippen LogP contribution in [0.4, 0.5) is 4.39 Å². The molecule has 0 saturated carbocycles. The van der Waals surface area contributed by atoms with Gasteiger partial charge in [0.05, 0.1) is 0 Å². The summed E-state index contributed by atoms with van der Waals surface area (Å²) < 4.78 is 31.0. The van der Waals surface area contributed by atoms with Gasteiger partial charge in [-0.3, -0.25) is 0 Å². The fourth-order valence-corrected chi connectivity index (χ4v) is 3.63. The molecule has 0 saturated heterocycles. The third-order valence-corrected chi connectivity index (χ3v) is 5.45. The highest BCUT2D eigenvalue weighted by Crippen LogP contribution is 2.30. The van der Waals surface area contributed by atoms with Crippen LogP contribution in [0.1, 0.15) is 22.3 Å². The Morgan fingerprint density at radius 1 is 0.778 bits per heavy atom. The minimum atomic E-state index is -0.618. The molecule has 0 fully saturated rings. The zero-order chi connectivity index (χ0) is 24.7. The molecule has 4 aromatic rings. The van der Waals surface area contributed by atoms with Crippen LogP contribution in [0.5, 0.6) is 11.5 Å². The quantitative estimate of drug-likeness (QED) is 0.219. The van der Waals surface area contributed by atoms with Crippen LogP contribution in [0.2, 0.25) is 0 Å². The molecule has 0 radical (unpaired) electrons. The van der Waals surface area contributed by atoms with Gasteiger partial charge < -0.3 is 14.2 Å². The van der Waals surface area contributed by atoms with Crippen molar-refractivity contribution in [3.05, 3.63) is 137 Å². The highest BCUT2D eigenvalue weighted by molar-refractivity contribution is 6.12. The van der Waals surface area contributed by atoms with Gasteiger partial charge in [-0.05, 0) is 47.5 Å². The molecule has 5 rings (SSSR count). The maximum atomic E-state index is 13.6. The number of ether oxygens (including phenoxy) is 3. The lowest BCUT2D eigenvalue weighted by Crippen LogP contribution is -2.05. The summed E-state index contributed by atoms with van der Waals surface area (Å²) in [5.74, 6) is 0.153. The molecule has 0 spiro atoms. The number of hydrogen-bond acceptors (Lipinski definition) is 5. The minimum Gasteiger partial charge on any atom is -0.489 e. The Labute approximate surface area is 208 Å². The molecule has 6 heteroatoms. The maximum Gasteiger partial charge on any atom is 0.363 e. The first kappa shape index (κ1) is 23.1. The summed E-state index contributed by atoms with van der Waals surface area (Å²) >= 11 is 0. The molecule has 0 bridgehead atoms. The minimum absolute atomic E-state index is 0.0559. The second-order valence-electron chi connectivity index (χ2n) is 8.09. The van der Waals surface area contributed by atoms with Gasteiger partial charge in [-0.25, -0.2) is 14.2 Å². The predicted molar refractivity (Wildman–Crippen MR) is 135 cm³/mol. The van der Waals surface area contributed by atoms with Gasteiger partial charge in [-0.15, -0.1) is 0 Å². The summed E-state index contributed by atoms with van der Waals surface area (Å²) in [7, 11) is 0. The molecule has 36 heavy (non-hydrogen) atoms. The standard InChI is InChI=1S/C30H22FNO4/c31-25-13-7-12-24(16-25)29-32-27(30(33)36-29)17-23-14-15-26(34-19-21-8-3-1-4-9-21)18-28(23)35-20-22-10-5-2-6-11-22/h1-18H,19-20H2. The van der Waals surface area contributed by atoms with Crippen molar-refractivity contribution < 1.29 is 23.4 Å². The summed E-state index contributed by atoms with van der Waals surface area (Å²) in [5.41, 5.74) is 3.16. The molecular formula is C30H22FNO4. The first-order chi connectivity index (χ1) is 17.6. The van der Waals surface area contributed by atoms with Crippen molar-refractivity contribution in [1.29, 1.82) is 0 Å². The number of cyclic esters (lactones) is 1. The van der Waals surface area contributed by atoms with Crippen LogP contribution in [0, 0.1) is 5.82 Å². The summed E-state index contributed by atoms with van der Waals surface area (Å²) in [5, 5.41) is 0. The Bertz CT molecular complexity index is 1430. The second-order valence-corrected chi connectivity index (χ2v) is 8.09. The van der Waals surface area contributed by atoms with E-state index >= 15 is 0 Å². The molecule has 0 aliphatic carbocycles. The fourth-order valence-electron chi connectivity index (χ4n) is 3.63. The first-order valence-corrected chi connectivity index (χ1v) is 11.4. The van der Waals surface area contributed by atoms with E-state index in [1.165, 1.54) is 18.2 Å².